The Morgan fingerprint density at radius 2 is 1.64 bits per heavy atom. The summed E-state index contributed by atoms with van der Waals surface area (Å²) in [7, 11) is 0. The Morgan fingerprint density at radius 3 is 2.32 bits per heavy atom. The zero-order chi connectivity index (χ0) is 17.1. The van der Waals surface area contributed by atoms with Gasteiger partial charge in [-0.1, -0.05) is 54.6 Å². The van der Waals surface area contributed by atoms with Gasteiger partial charge >= 0.3 is 0 Å². The van der Waals surface area contributed by atoms with Crippen molar-refractivity contribution < 1.29 is 5.11 Å². The highest BCUT2D eigenvalue weighted by Crippen LogP contribution is 2.37. The van der Waals surface area contributed by atoms with Crippen LogP contribution < -0.4 is 0 Å². The summed E-state index contributed by atoms with van der Waals surface area (Å²) in [6.45, 7) is 2.55. The van der Waals surface area contributed by atoms with Crippen LogP contribution >= 0.6 is 0 Å². The lowest BCUT2D eigenvalue weighted by atomic mass is 9.75. The van der Waals surface area contributed by atoms with E-state index in [1.165, 1.54) is 42.5 Å². The number of nitrogens with zero attached hydrogens (tertiary/aromatic N) is 1. The molecule has 0 saturated carbocycles. The standard InChI is InChI=1S/C23H29NO/c25-18-23(13-11-19-7-2-1-3-8-19)12-6-14-24(17-23)22-15-20-9-4-5-10-21(20)16-22/h1-5,7-10,22,25H,6,11-18H2/t23-/m0/s1. The molecule has 1 aliphatic carbocycles. The summed E-state index contributed by atoms with van der Waals surface area (Å²) in [4.78, 5) is 2.67. The van der Waals surface area contributed by atoms with Gasteiger partial charge in [-0.2, -0.15) is 0 Å². The molecule has 1 saturated heterocycles. The van der Waals surface area contributed by atoms with Crippen LogP contribution in [0.25, 0.3) is 0 Å². The first kappa shape index (κ1) is 16.8. The van der Waals surface area contributed by atoms with E-state index in [1.807, 2.05) is 0 Å². The van der Waals surface area contributed by atoms with E-state index < -0.39 is 0 Å². The Bertz CT molecular complexity index is 673. The first-order valence-electron chi connectivity index (χ1n) is 9.74. The van der Waals surface area contributed by atoms with E-state index in [9.17, 15) is 5.11 Å². The fraction of sp³-hybridized carbons (Fsp3) is 0.478. The minimum atomic E-state index is 0.0723. The molecule has 132 valence electrons. The Kier molecular flexibility index (Phi) is 4.91. The monoisotopic (exact) mass is 335 g/mol. The number of aliphatic hydroxyl groups is 1. The van der Waals surface area contributed by atoms with E-state index in [4.69, 9.17) is 0 Å². The van der Waals surface area contributed by atoms with Crippen molar-refractivity contribution in [1.82, 2.24) is 4.90 Å². The lowest BCUT2D eigenvalue weighted by molar-refractivity contribution is 0.00840. The number of benzene rings is 2. The van der Waals surface area contributed by atoms with Crippen LogP contribution in [0.3, 0.4) is 0 Å². The summed E-state index contributed by atoms with van der Waals surface area (Å²) in [6.07, 6.45) is 6.88. The highest BCUT2D eigenvalue weighted by Gasteiger charge is 2.38. The molecule has 2 aliphatic rings. The lowest BCUT2D eigenvalue weighted by Crippen LogP contribution is -2.50. The Hall–Kier alpha value is -1.64. The molecule has 2 aromatic rings. The third kappa shape index (κ3) is 3.65. The van der Waals surface area contributed by atoms with E-state index in [1.54, 1.807) is 0 Å². The zero-order valence-corrected chi connectivity index (χ0v) is 15.0. The molecule has 25 heavy (non-hydrogen) atoms. The SMILES string of the molecule is OC[C@]1(CCc2ccccc2)CCCN(C2Cc3ccccc3C2)C1. The van der Waals surface area contributed by atoms with Crippen LogP contribution in [0.2, 0.25) is 0 Å². The van der Waals surface area contributed by atoms with Crippen molar-refractivity contribution >= 4 is 0 Å². The predicted molar refractivity (Wildman–Crippen MR) is 103 cm³/mol. The number of fused-ring (bicyclic) bond motifs is 1. The van der Waals surface area contributed by atoms with Crippen molar-refractivity contribution in [3.63, 3.8) is 0 Å². The van der Waals surface area contributed by atoms with Crippen molar-refractivity contribution in [2.75, 3.05) is 19.7 Å². The van der Waals surface area contributed by atoms with Crippen molar-refractivity contribution in [2.24, 2.45) is 5.41 Å². The summed E-state index contributed by atoms with van der Waals surface area (Å²) >= 11 is 0. The summed E-state index contributed by atoms with van der Waals surface area (Å²) in [5, 5.41) is 10.2. The van der Waals surface area contributed by atoms with Crippen LogP contribution in [-0.4, -0.2) is 35.7 Å². The Labute approximate surface area is 151 Å². The molecule has 4 rings (SSSR count). The molecule has 0 amide bonds. The highest BCUT2D eigenvalue weighted by atomic mass is 16.3. The van der Waals surface area contributed by atoms with Gasteiger partial charge in [-0.15, -0.1) is 0 Å². The molecule has 2 nitrogen and oxygen atoms in total. The van der Waals surface area contributed by atoms with Gasteiger partial charge in [0.05, 0.1) is 0 Å². The normalized spacial score (nSPS) is 24.4. The van der Waals surface area contributed by atoms with E-state index in [-0.39, 0.29) is 5.41 Å². The Morgan fingerprint density at radius 1 is 0.960 bits per heavy atom. The minimum absolute atomic E-state index is 0.0723. The fourth-order valence-electron chi connectivity index (χ4n) is 4.82. The summed E-state index contributed by atoms with van der Waals surface area (Å²) in [5.41, 5.74) is 4.51. The third-order valence-electron chi connectivity index (χ3n) is 6.36. The van der Waals surface area contributed by atoms with Gasteiger partial charge in [-0.25, -0.2) is 0 Å². The van der Waals surface area contributed by atoms with Crippen molar-refractivity contribution in [3.05, 3.63) is 71.3 Å². The third-order valence-corrected chi connectivity index (χ3v) is 6.36. The van der Waals surface area contributed by atoms with E-state index in [0.29, 0.717) is 12.6 Å². The topological polar surface area (TPSA) is 23.5 Å². The second-order valence-electron chi connectivity index (χ2n) is 8.05. The molecule has 2 aromatic carbocycles. The lowest BCUT2D eigenvalue weighted by Gasteiger charge is -2.44. The van der Waals surface area contributed by atoms with Gasteiger partial charge in [0.2, 0.25) is 0 Å². The number of likely N-dealkylation sites (tertiary alicyclic amines) is 1. The molecular formula is C23H29NO. The first-order valence-corrected chi connectivity index (χ1v) is 9.74. The summed E-state index contributed by atoms with van der Waals surface area (Å²) in [5.74, 6) is 0. The number of aliphatic hydroxyl groups excluding tert-OH is 1. The zero-order valence-electron chi connectivity index (χ0n) is 15.0. The number of hydrogen-bond donors (Lipinski definition) is 1. The van der Waals surface area contributed by atoms with E-state index in [2.05, 4.69) is 59.5 Å². The van der Waals surface area contributed by atoms with Crippen LogP contribution in [0.4, 0.5) is 0 Å². The molecular weight excluding hydrogens is 306 g/mol. The predicted octanol–water partition coefficient (Wildman–Crippen LogP) is 3.86. The maximum atomic E-state index is 10.2. The van der Waals surface area contributed by atoms with Crippen LogP contribution in [0.1, 0.15) is 36.0 Å². The quantitative estimate of drug-likeness (QED) is 0.897. The van der Waals surface area contributed by atoms with Gasteiger partial charge in [0.15, 0.2) is 0 Å². The Balaban J connectivity index is 1.42. The molecule has 0 aromatic heterocycles. The van der Waals surface area contributed by atoms with Gasteiger partial charge < -0.3 is 5.11 Å². The van der Waals surface area contributed by atoms with E-state index in [0.717, 1.165) is 25.8 Å². The second kappa shape index (κ2) is 7.31. The average molecular weight is 335 g/mol. The number of piperidine rings is 1. The minimum Gasteiger partial charge on any atom is -0.396 e. The fourth-order valence-corrected chi connectivity index (χ4v) is 4.82. The van der Waals surface area contributed by atoms with Crippen LogP contribution in [0.15, 0.2) is 54.6 Å². The van der Waals surface area contributed by atoms with Crippen LogP contribution in [-0.2, 0) is 19.3 Å². The van der Waals surface area contributed by atoms with Crippen LogP contribution in [0, 0.1) is 5.41 Å². The number of rotatable bonds is 5. The van der Waals surface area contributed by atoms with Crippen molar-refractivity contribution in [1.29, 1.82) is 0 Å². The maximum Gasteiger partial charge on any atom is 0.0499 e. The van der Waals surface area contributed by atoms with Gasteiger partial charge in [0, 0.05) is 24.6 Å². The van der Waals surface area contributed by atoms with Gasteiger partial charge in [-0.05, 0) is 61.8 Å². The average Bonchev–Trinajstić information content (AvgIpc) is 3.12. The largest absolute Gasteiger partial charge is 0.396 e. The van der Waals surface area contributed by atoms with Crippen molar-refractivity contribution in [3.8, 4) is 0 Å². The molecule has 1 atom stereocenters. The smallest absolute Gasteiger partial charge is 0.0499 e. The molecule has 0 unspecified atom stereocenters. The van der Waals surface area contributed by atoms with Gasteiger partial charge in [0.1, 0.15) is 0 Å². The first-order chi connectivity index (χ1) is 12.3. The molecule has 1 N–H and O–H groups in total. The molecule has 1 fully saturated rings. The molecule has 0 bridgehead atoms. The van der Waals surface area contributed by atoms with Crippen molar-refractivity contribution in [2.45, 2.75) is 44.6 Å². The molecule has 0 radical (unpaired) electrons. The maximum absolute atomic E-state index is 10.2. The van der Waals surface area contributed by atoms with Gasteiger partial charge in [0.25, 0.3) is 0 Å². The van der Waals surface area contributed by atoms with Gasteiger partial charge in [-0.3, -0.25) is 4.90 Å². The van der Waals surface area contributed by atoms with E-state index >= 15 is 0 Å². The summed E-state index contributed by atoms with van der Waals surface area (Å²) in [6, 6.07) is 20.2. The molecule has 0 spiro atoms. The molecule has 2 heteroatoms. The van der Waals surface area contributed by atoms with Crippen LogP contribution in [0.5, 0.6) is 0 Å². The molecule has 1 heterocycles. The second-order valence-corrected chi connectivity index (χ2v) is 8.05. The molecule has 1 aliphatic heterocycles. The highest BCUT2D eigenvalue weighted by molar-refractivity contribution is 5.33. The summed E-state index contributed by atoms with van der Waals surface area (Å²) < 4.78 is 0. The number of aryl methyl sites for hydroxylation is 1. The number of hydrogen-bond acceptors (Lipinski definition) is 2.